The molecule has 4 rings (SSSR count). The van der Waals surface area contributed by atoms with E-state index in [9.17, 15) is 23.8 Å². The smallest absolute Gasteiger partial charge is 0.335 e. The Morgan fingerprint density at radius 2 is 1.73 bits per heavy atom. The number of hydrogen-bond donors (Lipinski definition) is 2. The van der Waals surface area contributed by atoms with Gasteiger partial charge in [-0.25, -0.2) is 13.6 Å². The molecule has 1 heterocycles. The molecule has 0 fully saturated rings. The minimum absolute atomic E-state index is 0.0145. The maximum absolute atomic E-state index is 14.3. The molecule has 7 heteroatoms. The third kappa shape index (κ3) is 3.85. The number of phenols is 1. The second-order valence-electron chi connectivity index (χ2n) is 8.53. The Morgan fingerprint density at radius 1 is 1.03 bits per heavy atom. The Hall–Kier alpha value is -3.71. The summed E-state index contributed by atoms with van der Waals surface area (Å²) in [5, 5.41) is 20.7. The summed E-state index contributed by atoms with van der Waals surface area (Å²) in [4.78, 5) is 11.3. The number of nitrogens with zero attached hydrogens (tertiary/aromatic N) is 1. The van der Waals surface area contributed by atoms with Crippen molar-refractivity contribution < 1.29 is 28.5 Å². The highest BCUT2D eigenvalue weighted by molar-refractivity contribution is 6.04. The number of aromatic carboxylic acids is 1. The first kappa shape index (κ1) is 22.5. The maximum Gasteiger partial charge on any atom is 0.335 e. The van der Waals surface area contributed by atoms with E-state index < -0.39 is 23.0 Å². The zero-order valence-corrected chi connectivity index (χ0v) is 18.4. The lowest BCUT2D eigenvalue weighted by Crippen LogP contribution is -2.27. The van der Waals surface area contributed by atoms with Crippen LogP contribution in [-0.2, 0) is 10.2 Å². The van der Waals surface area contributed by atoms with E-state index in [1.807, 2.05) is 13.8 Å². The summed E-state index contributed by atoms with van der Waals surface area (Å²) >= 11 is 0. The number of fused-ring (bicyclic) bond motifs is 1. The molecule has 0 saturated carbocycles. The zero-order valence-electron chi connectivity index (χ0n) is 18.4. The third-order valence-corrected chi connectivity index (χ3v) is 5.70. The van der Waals surface area contributed by atoms with Crippen LogP contribution in [0, 0.1) is 11.6 Å². The molecule has 0 unspecified atom stereocenters. The van der Waals surface area contributed by atoms with Gasteiger partial charge in [0.05, 0.1) is 17.7 Å². The molecule has 0 aliphatic heterocycles. The second-order valence-corrected chi connectivity index (χ2v) is 8.53. The lowest BCUT2D eigenvalue weighted by Gasteiger charge is -2.28. The van der Waals surface area contributed by atoms with Gasteiger partial charge in [0.15, 0.2) is 11.6 Å². The van der Waals surface area contributed by atoms with Crippen LogP contribution in [0.15, 0.2) is 60.7 Å². The van der Waals surface area contributed by atoms with Crippen molar-refractivity contribution in [2.24, 2.45) is 0 Å². The molecule has 3 aromatic carbocycles. The minimum Gasteiger partial charge on any atom is -0.507 e. The van der Waals surface area contributed by atoms with E-state index >= 15 is 0 Å². The number of hydrogen-bond acceptors (Lipinski definition) is 3. The lowest BCUT2D eigenvalue weighted by atomic mass is 9.84. The Morgan fingerprint density at radius 3 is 2.33 bits per heavy atom. The highest BCUT2D eigenvalue weighted by Gasteiger charge is 2.33. The van der Waals surface area contributed by atoms with E-state index in [0.717, 1.165) is 12.1 Å². The Balaban J connectivity index is 2.16. The highest BCUT2D eigenvalue weighted by Crippen LogP contribution is 2.46. The summed E-state index contributed by atoms with van der Waals surface area (Å²) in [6.07, 6.45) is 0. The molecule has 0 aliphatic carbocycles. The van der Waals surface area contributed by atoms with Crippen LogP contribution in [0.2, 0.25) is 0 Å². The van der Waals surface area contributed by atoms with Crippen LogP contribution >= 0.6 is 0 Å². The number of halogens is 2. The number of benzene rings is 3. The van der Waals surface area contributed by atoms with Crippen LogP contribution in [0.1, 0.15) is 29.9 Å². The maximum atomic E-state index is 14.3. The van der Waals surface area contributed by atoms with Gasteiger partial charge in [0, 0.05) is 40.9 Å². The van der Waals surface area contributed by atoms with Gasteiger partial charge in [-0.1, -0.05) is 32.0 Å². The zero-order chi connectivity index (χ0) is 23.9. The summed E-state index contributed by atoms with van der Waals surface area (Å²) in [6.45, 7) is 4.20. The van der Waals surface area contributed by atoms with E-state index in [4.69, 9.17) is 4.74 Å². The Labute approximate surface area is 189 Å². The van der Waals surface area contributed by atoms with Gasteiger partial charge < -0.3 is 19.5 Å². The molecule has 0 amide bonds. The average molecular weight is 451 g/mol. The predicted octanol–water partition coefficient (Wildman–Crippen LogP) is 5.90. The van der Waals surface area contributed by atoms with E-state index in [0.29, 0.717) is 40.0 Å². The number of aromatic hydroxyl groups is 1. The summed E-state index contributed by atoms with van der Waals surface area (Å²) in [5.41, 5.74) is 2.51. The molecule has 0 spiro atoms. The standard InChI is InChI=1S/C26H23F2NO4/c1-26(2,14-33-3)24-22(15-7-9-16(10-8-15)25(31)32)23-20(5-4-6-21(23)30)29(24)17-11-12-18(27)19(28)13-17/h4-13,30H,14H2,1-3H3,(H,31,32). The first-order valence-electron chi connectivity index (χ1n) is 10.3. The number of rotatable bonds is 6. The number of ether oxygens (including phenoxy) is 1. The van der Waals surface area contributed by atoms with Gasteiger partial charge in [0.2, 0.25) is 0 Å². The lowest BCUT2D eigenvalue weighted by molar-refractivity contribution is 0.0697. The molecule has 170 valence electrons. The number of carboxylic acids is 1. The minimum atomic E-state index is -1.05. The monoisotopic (exact) mass is 451 g/mol. The quantitative estimate of drug-likeness (QED) is 0.383. The largest absolute Gasteiger partial charge is 0.507 e. The molecule has 0 bridgehead atoms. The van der Waals surface area contributed by atoms with Crippen LogP contribution < -0.4 is 0 Å². The van der Waals surface area contributed by atoms with Gasteiger partial charge in [0.25, 0.3) is 0 Å². The molecule has 0 aliphatic rings. The van der Waals surface area contributed by atoms with E-state index in [2.05, 4.69) is 0 Å². The van der Waals surface area contributed by atoms with Crippen LogP contribution in [0.25, 0.3) is 27.7 Å². The Bertz CT molecular complexity index is 1360. The molecule has 0 radical (unpaired) electrons. The Kier molecular flexibility index (Phi) is 5.68. The van der Waals surface area contributed by atoms with Gasteiger partial charge in [-0.3, -0.25) is 0 Å². The van der Waals surface area contributed by atoms with Gasteiger partial charge in [-0.15, -0.1) is 0 Å². The summed E-state index contributed by atoms with van der Waals surface area (Å²) in [5.74, 6) is -2.98. The normalized spacial score (nSPS) is 11.8. The van der Waals surface area contributed by atoms with E-state index in [1.165, 1.54) is 18.2 Å². The fourth-order valence-electron chi connectivity index (χ4n) is 4.34. The van der Waals surface area contributed by atoms with E-state index in [1.54, 1.807) is 42.0 Å². The van der Waals surface area contributed by atoms with Gasteiger partial charge >= 0.3 is 5.97 Å². The first-order valence-corrected chi connectivity index (χ1v) is 10.3. The molecular formula is C26H23F2NO4. The summed E-state index contributed by atoms with van der Waals surface area (Å²) in [7, 11) is 1.57. The van der Waals surface area contributed by atoms with Crippen LogP contribution in [0.5, 0.6) is 5.75 Å². The van der Waals surface area contributed by atoms with Gasteiger partial charge in [0.1, 0.15) is 5.75 Å². The highest BCUT2D eigenvalue weighted by atomic mass is 19.2. The number of aromatic nitrogens is 1. The van der Waals surface area contributed by atoms with Crippen molar-refractivity contribution in [1.82, 2.24) is 4.57 Å². The van der Waals surface area contributed by atoms with Crippen molar-refractivity contribution in [2.75, 3.05) is 13.7 Å². The molecule has 2 N–H and O–H groups in total. The van der Waals surface area contributed by atoms with Crippen molar-refractivity contribution in [2.45, 2.75) is 19.3 Å². The van der Waals surface area contributed by atoms with Crippen molar-refractivity contribution in [3.05, 3.63) is 83.6 Å². The fourth-order valence-corrected chi connectivity index (χ4v) is 4.34. The molecule has 0 atom stereocenters. The van der Waals surface area contributed by atoms with Gasteiger partial charge in [-0.05, 0) is 42.0 Å². The topological polar surface area (TPSA) is 71.7 Å². The van der Waals surface area contributed by atoms with Crippen molar-refractivity contribution >= 4 is 16.9 Å². The van der Waals surface area contributed by atoms with E-state index in [-0.39, 0.29) is 11.3 Å². The van der Waals surface area contributed by atoms with Crippen molar-refractivity contribution in [3.8, 4) is 22.6 Å². The first-order chi connectivity index (χ1) is 15.7. The van der Waals surface area contributed by atoms with Crippen LogP contribution in [-0.4, -0.2) is 34.5 Å². The molecular weight excluding hydrogens is 428 g/mol. The van der Waals surface area contributed by atoms with Gasteiger partial charge in [-0.2, -0.15) is 0 Å². The molecule has 5 nitrogen and oxygen atoms in total. The SMILES string of the molecule is COCC(C)(C)c1c(-c2ccc(C(=O)O)cc2)c2c(O)cccc2n1-c1ccc(F)c(F)c1. The molecule has 0 saturated heterocycles. The predicted molar refractivity (Wildman–Crippen MR) is 122 cm³/mol. The number of methoxy groups -OCH3 is 1. The van der Waals surface area contributed by atoms with Crippen molar-refractivity contribution in [3.63, 3.8) is 0 Å². The number of carbonyl (C=O) groups is 1. The summed E-state index contributed by atoms with van der Waals surface area (Å²) < 4.78 is 35.2. The second kappa shape index (κ2) is 8.33. The summed E-state index contributed by atoms with van der Waals surface area (Å²) in [6, 6.07) is 15.0. The molecule has 33 heavy (non-hydrogen) atoms. The number of phenolic OH excluding ortho intramolecular Hbond substituents is 1. The van der Waals surface area contributed by atoms with Crippen LogP contribution in [0.4, 0.5) is 8.78 Å². The molecule has 4 aromatic rings. The third-order valence-electron chi connectivity index (χ3n) is 5.70. The number of carboxylic acid groups (broad SMARTS) is 1. The fraction of sp³-hybridized carbons (Fsp3) is 0.192. The van der Waals surface area contributed by atoms with Crippen LogP contribution in [0.3, 0.4) is 0 Å². The molecule has 1 aromatic heterocycles. The average Bonchev–Trinajstić information content (AvgIpc) is 3.13. The van der Waals surface area contributed by atoms with Crippen molar-refractivity contribution in [1.29, 1.82) is 0 Å².